The summed E-state index contributed by atoms with van der Waals surface area (Å²) in [4.78, 5) is 14.6. The van der Waals surface area contributed by atoms with Crippen LogP contribution in [0.15, 0.2) is 18.2 Å². The third kappa shape index (κ3) is 7.58. The van der Waals surface area contributed by atoms with E-state index < -0.39 is 35.2 Å². The van der Waals surface area contributed by atoms with Crippen molar-refractivity contribution < 1.29 is 36.9 Å². The Kier molecular flexibility index (Phi) is 8.64. The van der Waals surface area contributed by atoms with Crippen LogP contribution in [0.25, 0.3) is 0 Å². The molecule has 1 aromatic rings. The first-order valence-electron chi connectivity index (χ1n) is 11.5. The zero-order valence-electron chi connectivity index (χ0n) is 19.6. The van der Waals surface area contributed by atoms with E-state index in [9.17, 15) is 18.0 Å². The molecule has 186 valence electrons. The highest BCUT2D eigenvalue weighted by molar-refractivity contribution is 5.90. The minimum absolute atomic E-state index is 0.00787. The van der Waals surface area contributed by atoms with Gasteiger partial charge < -0.3 is 18.9 Å². The van der Waals surface area contributed by atoms with Crippen molar-refractivity contribution in [3.8, 4) is 5.75 Å². The Morgan fingerprint density at radius 3 is 2.42 bits per heavy atom. The zero-order chi connectivity index (χ0) is 24.1. The van der Waals surface area contributed by atoms with Crippen LogP contribution in [-0.4, -0.2) is 62.7 Å². The number of nitrogens with zero attached hydrogens (tertiary/aromatic N) is 1. The lowest BCUT2D eigenvalue weighted by molar-refractivity contribution is -0.175. The van der Waals surface area contributed by atoms with Gasteiger partial charge in [0.2, 0.25) is 6.29 Å². The van der Waals surface area contributed by atoms with Gasteiger partial charge in [0.05, 0.1) is 30.4 Å². The predicted molar refractivity (Wildman–Crippen MR) is 116 cm³/mol. The van der Waals surface area contributed by atoms with E-state index >= 15 is 0 Å². The van der Waals surface area contributed by atoms with Crippen molar-refractivity contribution in [1.29, 1.82) is 0 Å². The van der Waals surface area contributed by atoms with Gasteiger partial charge in [0.25, 0.3) is 0 Å². The molecular weight excluding hydrogens is 439 g/mol. The van der Waals surface area contributed by atoms with Gasteiger partial charge >= 0.3 is 12.1 Å². The van der Waals surface area contributed by atoms with Gasteiger partial charge in [-0.25, -0.2) is 4.79 Å². The van der Waals surface area contributed by atoms with E-state index in [-0.39, 0.29) is 18.3 Å². The second-order valence-electron chi connectivity index (χ2n) is 9.66. The van der Waals surface area contributed by atoms with Gasteiger partial charge in [-0.3, -0.25) is 4.90 Å². The molecule has 0 bridgehead atoms. The number of hydrogen-bond donors (Lipinski definition) is 0. The number of alkyl halides is 3. The summed E-state index contributed by atoms with van der Waals surface area (Å²) >= 11 is 0. The molecule has 1 aliphatic heterocycles. The first kappa shape index (κ1) is 25.8. The molecular formula is C24H34F3NO5. The highest BCUT2D eigenvalue weighted by Gasteiger charge is 2.38. The quantitative estimate of drug-likeness (QED) is 0.395. The van der Waals surface area contributed by atoms with E-state index in [1.807, 2.05) is 20.8 Å². The number of hydrogen-bond acceptors (Lipinski definition) is 6. The molecule has 2 aliphatic rings. The van der Waals surface area contributed by atoms with Crippen molar-refractivity contribution in [2.24, 2.45) is 5.41 Å². The molecule has 1 atom stereocenters. The molecule has 1 saturated heterocycles. The first-order chi connectivity index (χ1) is 15.5. The molecule has 1 aliphatic carbocycles. The number of carbonyl (C=O) groups excluding carboxylic acids is 1. The fourth-order valence-corrected chi connectivity index (χ4v) is 3.88. The van der Waals surface area contributed by atoms with E-state index in [1.54, 1.807) is 0 Å². The van der Waals surface area contributed by atoms with Crippen LogP contribution in [0.2, 0.25) is 0 Å². The number of esters is 1. The Bertz CT molecular complexity index is 781. The minimum atomic E-state index is -4.64. The Labute approximate surface area is 193 Å². The van der Waals surface area contributed by atoms with Crippen LogP contribution in [0.4, 0.5) is 13.2 Å². The average molecular weight is 474 g/mol. The maximum Gasteiger partial charge on any atom is 0.419 e. The SMILES string of the molecule is CC(C)(C)C(Oc1cc(C(=O)OCCN2CCOCC2)ccc1C(F)(F)F)OC1CCCC1. The number of carbonyl (C=O) groups is 1. The standard InChI is InChI=1S/C24H34F3NO5/c1-23(2,3)22(32-18-6-4-5-7-18)33-20-16-17(8-9-19(20)24(25,26)27)21(29)31-15-12-28-10-13-30-14-11-28/h8-9,16,18,22H,4-7,10-15H2,1-3H3. The van der Waals surface area contributed by atoms with Crippen molar-refractivity contribution in [2.45, 2.75) is 65.0 Å². The van der Waals surface area contributed by atoms with Gasteiger partial charge in [0.15, 0.2) is 0 Å². The molecule has 1 unspecified atom stereocenters. The van der Waals surface area contributed by atoms with E-state index in [1.165, 1.54) is 0 Å². The molecule has 0 aromatic heterocycles. The summed E-state index contributed by atoms with van der Waals surface area (Å²) < 4.78 is 63.5. The maximum atomic E-state index is 13.7. The Balaban J connectivity index is 1.73. The number of morpholine rings is 1. The molecule has 2 fully saturated rings. The lowest BCUT2D eigenvalue weighted by Gasteiger charge is -2.33. The summed E-state index contributed by atoms with van der Waals surface area (Å²) in [5, 5.41) is 0. The van der Waals surface area contributed by atoms with Crippen molar-refractivity contribution in [3.05, 3.63) is 29.3 Å². The summed E-state index contributed by atoms with van der Waals surface area (Å²) in [6, 6.07) is 3.09. The second-order valence-corrected chi connectivity index (χ2v) is 9.66. The van der Waals surface area contributed by atoms with Crippen LogP contribution in [0.5, 0.6) is 5.75 Å². The first-order valence-corrected chi connectivity index (χ1v) is 11.5. The van der Waals surface area contributed by atoms with Crippen molar-refractivity contribution in [3.63, 3.8) is 0 Å². The monoisotopic (exact) mass is 473 g/mol. The molecule has 6 nitrogen and oxygen atoms in total. The van der Waals surface area contributed by atoms with Crippen molar-refractivity contribution in [2.75, 3.05) is 39.5 Å². The van der Waals surface area contributed by atoms with Gasteiger partial charge in [-0.2, -0.15) is 13.2 Å². The molecule has 3 rings (SSSR count). The van der Waals surface area contributed by atoms with Crippen LogP contribution in [0, 0.1) is 5.41 Å². The summed E-state index contributed by atoms with van der Waals surface area (Å²) in [6.07, 6.45) is -1.80. The molecule has 9 heteroatoms. The third-order valence-corrected chi connectivity index (χ3v) is 5.83. The highest BCUT2D eigenvalue weighted by atomic mass is 19.4. The predicted octanol–water partition coefficient (Wildman–Crippen LogP) is 4.90. The van der Waals surface area contributed by atoms with Crippen molar-refractivity contribution >= 4 is 5.97 Å². The second kappa shape index (κ2) is 11.1. The van der Waals surface area contributed by atoms with Crippen LogP contribution < -0.4 is 4.74 Å². The number of ether oxygens (including phenoxy) is 4. The fraction of sp³-hybridized carbons (Fsp3) is 0.708. The average Bonchev–Trinajstić information content (AvgIpc) is 3.26. The van der Waals surface area contributed by atoms with Gasteiger partial charge in [-0.05, 0) is 31.0 Å². The Hall–Kier alpha value is -1.84. The van der Waals surface area contributed by atoms with Crippen LogP contribution in [-0.2, 0) is 20.4 Å². The van der Waals surface area contributed by atoms with Crippen LogP contribution >= 0.6 is 0 Å². The summed E-state index contributed by atoms with van der Waals surface area (Å²) in [7, 11) is 0. The normalized spacial score (nSPS) is 19.5. The largest absolute Gasteiger partial charge is 0.464 e. The summed E-state index contributed by atoms with van der Waals surface area (Å²) in [6.45, 7) is 9.01. The fourth-order valence-electron chi connectivity index (χ4n) is 3.88. The molecule has 0 spiro atoms. The van der Waals surface area contributed by atoms with Crippen molar-refractivity contribution in [1.82, 2.24) is 4.90 Å². The van der Waals surface area contributed by atoms with Gasteiger partial charge in [-0.1, -0.05) is 33.6 Å². The molecule has 0 amide bonds. The highest BCUT2D eigenvalue weighted by Crippen LogP contribution is 2.39. The minimum Gasteiger partial charge on any atom is -0.464 e. The molecule has 0 N–H and O–H groups in total. The maximum absolute atomic E-state index is 13.7. The zero-order valence-corrected chi connectivity index (χ0v) is 19.6. The smallest absolute Gasteiger partial charge is 0.419 e. The lowest BCUT2D eigenvalue weighted by atomic mass is 9.95. The van der Waals surface area contributed by atoms with Gasteiger partial charge in [-0.15, -0.1) is 0 Å². The van der Waals surface area contributed by atoms with Gasteiger partial charge in [0.1, 0.15) is 12.4 Å². The van der Waals surface area contributed by atoms with Crippen LogP contribution in [0.3, 0.4) is 0 Å². The van der Waals surface area contributed by atoms with E-state index in [4.69, 9.17) is 18.9 Å². The van der Waals surface area contributed by atoms with Gasteiger partial charge in [0, 0.05) is 25.0 Å². The number of benzene rings is 1. The molecule has 1 heterocycles. The molecule has 33 heavy (non-hydrogen) atoms. The van der Waals surface area contributed by atoms with E-state index in [0.717, 1.165) is 57.0 Å². The topological polar surface area (TPSA) is 57.2 Å². The Morgan fingerprint density at radius 2 is 1.82 bits per heavy atom. The number of halogens is 3. The Morgan fingerprint density at radius 1 is 1.15 bits per heavy atom. The lowest BCUT2D eigenvalue weighted by Crippen LogP contribution is -2.38. The summed E-state index contributed by atoms with van der Waals surface area (Å²) in [5.74, 6) is -1.12. The van der Waals surface area contributed by atoms with E-state index in [0.29, 0.717) is 19.8 Å². The van der Waals surface area contributed by atoms with Crippen LogP contribution in [0.1, 0.15) is 62.4 Å². The molecule has 0 radical (unpaired) electrons. The number of rotatable bonds is 8. The molecule has 1 aromatic carbocycles. The third-order valence-electron chi connectivity index (χ3n) is 5.83. The molecule has 1 saturated carbocycles. The summed E-state index contributed by atoms with van der Waals surface area (Å²) in [5.41, 5.74) is -1.51. The van der Waals surface area contributed by atoms with E-state index in [2.05, 4.69) is 4.90 Å².